The van der Waals surface area contributed by atoms with Gasteiger partial charge in [-0.15, -0.1) is 6.58 Å². The van der Waals surface area contributed by atoms with E-state index < -0.39 is 0 Å². The van der Waals surface area contributed by atoms with Gasteiger partial charge in [-0.25, -0.2) is 0 Å². The van der Waals surface area contributed by atoms with Crippen LogP contribution in [0.2, 0.25) is 0 Å². The molecule has 0 aromatic heterocycles. The number of amides is 1. The van der Waals surface area contributed by atoms with Gasteiger partial charge < -0.3 is 10.6 Å². The van der Waals surface area contributed by atoms with Crippen LogP contribution in [0.1, 0.15) is 45.4 Å². The first-order valence-electron chi connectivity index (χ1n) is 6.23. The molecule has 1 aliphatic carbocycles. The molecule has 3 nitrogen and oxygen atoms in total. The summed E-state index contributed by atoms with van der Waals surface area (Å²) in [5, 5.41) is 6.29. The number of hydrogen-bond donors (Lipinski definition) is 2. The molecular formula is C13H24N2O. The quantitative estimate of drug-likeness (QED) is 0.701. The average molecular weight is 224 g/mol. The van der Waals surface area contributed by atoms with E-state index in [2.05, 4.69) is 17.2 Å². The van der Waals surface area contributed by atoms with Crippen LogP contribution in [0, 0.1) is 0 Å². The predicted molar refractivity (Wildman–Crippen MR) is 67.3 cm³/mol. The molecule has 0 bridgehead atoms. The Kier molecular flexibility index (Phi) is 5.00. The largest absolute Gasteiger partial charge is 0.350 e. The Balaban J connectivity index is 2.48. The minimum atomic E-state index is 0.0310. The lowest BCUT2D eigenvalue weighted by atomic mass is 9.79. The summed E-state index contributed by atoms with van der Waals surface area (Å²) in [6.07, 6.45) is 8.32. The van der Waals surface area contributed by atoms with E-state index in [9.17, 15) is 4.79 Å². The summed E-state index contributed by atoms with van der Waals surface area (Å²) in [4.78, 5) is 11.8. The van der Waals surface area contributed by atoms with Gasteiger partial charge in [0.1, 0.15) is 0 Å². The van der Waals surface area contributed by atoms with Crippen LogP contribution in [0.4, 0.5) is 0 Å². The third-order valence-corrected chi connectivity index (χ3v) is 3.58. The zero-order valence-corrected chi connectivity index (χ0v) is 10.5. The lowest BCUT2D eigenvalue weighted by molar-refractivity contribution is -0.123. The fraction of sp³-hybridized carbons (Fsp3) is 0.769. The molecule has 1 fully saturated rings. The van der Waals surface area contributed by atoms with Crippen molar-refractivity contribution < 1.29 is 4.79 Å². The van der Waals surface area contributed by atoms with Crippen molar-refractivity contribution in [1.29, 1.82) is 0 Å². The Morgan fingerprint density at radius 1 is 1.44 bits per heavy atom. The summed E-state index contributed by atoms with van der Waals surface area (Å²) in [7, 11) is 1.97. The Bertz CT molecular complexity index is 244. The number of carbonyl (C=O) groups is 1. The highest BCUT2D eigenvalue weighted by molar-refractivity contribution is 5.77. The number of nitrogens with one attached hydrogen (secondary N) is 2. The third kappa shape index (κ3) is 3.63. The molecule has 1 saturated carbocycles. The Morgan fingerprint density at radius 2 is 2.06 bits per heavy atom. The Hall–Kier alpha value is -0.830. The minimum Gasteiger partial charge on any atom is -0.350 e. The van der Waals surface area contributed by atoms with Gasteiger partial charge in [-0.1, -0.05) is 25.3 Å². The van der Waals surface area contributed by atoms with E-state index in [1.807, 2.05) is 14.0 Å². The van der Waals surface area contributed by atoms with Gasteiger partial charge in [-0.3, -0.25) is 4.79 Å². The molecule has 0 saturated heterocycles. The molecule has 16 heavy (non-hydrogen) atoms. The van der Waals surface area contributed by atoms with E-state index in [0.717, 1.165) is 12.8 Å². The number of carbonyl (C=O) groups excluding carboxylic acids is 1. The SMILES string of the molecule is C=CC(C)NC(=O)CC1(NC)CCCCC1. The lowest BCUT2D eigenvalue weighted by Crippen LogP contribution is -2.49. The molecule has 92 valence electrons. The van der Waals surface area contributed by atoms with Crippen molar-refractivity contribution in [3.8, 4) is 0 Å². The van der Waals surface area contributed by atoms with Crippen molar-refractivity contribution in [2.75, 3.05) is 7.05 Å². The Labute approximate surface area is 98.7 Å². The standard InChI is InChI=1S/C13H24N2O/c1-4-11(2)15-12(16)10-13(14-3)8-6-5-7-9-13/h4,11,14H,1,5-10H2,2-3H3,(H,15,16). The van der Waals surface area contributed by atoms with Crippen molar-refractivity contribution in [1.82, 2.24) is 10.6 Å². The molecule has 1 atom stereocenters. The van der Waals surface area contributed by atoms with Gasteiger partial charge in [0.15, 0.2) is 0 Å². The second-order valence-corrected chi connectivity index (χ2v) is 4.86. The van der Waals surface area contributed by atoms with Gasteiger partial charge in [0.05, 0.1) is 0 Å². The van der Waals surface area contributed by atoms with E-state index >= 15 is 0 Å². The first-order valence-corrected chi connectivity index (χ1v) is 6.23. The highest BCUT2D eigenvalue weighted by atomic mass is 16.1. The van der Waals surface area contributed by atoms with Crippen LogP contribution in [0.25, 0.3) is 0 Å². The van der Waals surface area contributed by atoms with E-state index in [4.69, 9.17) is 0 Å². The number of rotatable bonds is 5. The van der Waals surface area contributed by atoms with Gasteiger partial charge in [-0.2, -0.15) is 0 Å². The smallest absolute Gasteiger partial charge is 0.222 e. The molecule has 1 rings (SSSR count). The summed E-state index contributed by atoms with van der Waals surface area (Å²) in [5.74, 6) is 0.128. The monoisotopic (exact) mass is 224 g/mol. The topological polar surface area (TPSA) is 41.1 Å². The molecule has 0 heterocycles. The molecule has 0 spiro atoms. The van der Waals surface area contributed by atoms with Crippen molar-refractivity contribution in [2.45, 2.75) is 57.0 Å². The highest BCUT2D eigenvalue weighted by Crippen LogP contribution is 2.30. The second-order valence-electron chi connectivity index (χ2n) is 4.86. The third-order valence-electron chi connectivity index (χ3n) is 3.58. The number of hydrogen-bond acceptors (Lipinski definition) is 2. The molecule has 3 heteroatoms. The van der Waals surface area contributed by atoms with Crippen LogP contribution >= 0.6 is 0 Å². The van der Waals surface area contributed by atoms with Crippen LogP contribution in [-0.4, -0.2) is 24.5 Å². The first kappa shape index (κ1) is 13.2. The molecule has 0 aromatic rings. The van der Waals surface area contributed by atoms with Gasteiger partial charge in [-0.05, 0) is 26.8 Å². The maximum atomic E-state index is 11.8. The molecule has 1 unspecified atom stereocenters. The molecule has 1 aliphatic rings. The Morgan fingerprint density at radius 3 is 2.56 bits per heavy atom. The lowest BCUT2D eigenvalue weighted by Gasteiger charge is -2.36. The maximum absolute atomic E-state index is 11.8. The van der Waals surface area contributed by atoms with Gasteiger partial charge in [0.2, 0.25) is 5.91 Å². The van der Waals surface area contributed by atoms with Crippen LogP contribution in [0.3, 0.4) is 0 Å². The average Bonchev–Trinajstić information content (AvgIpc) is 2.29. The molecular weight excluding hydrogens is 200 g/mol. The summed E-state index contributed by atoms with van der Waals surface area (Å²) in [5.41, 5.74) is 0.0310. The molecule has 2 N–H and O–H groups in total. The van der Waals surface area contributed by atoms with Gasteiger partial charge in [0, 0.05) is 18.0 Å². The van der Waals surface area contributed by atoms with E-state index in [-0.39, 0.29) is 17.5 Å². The van der Waals surface area contributed by atoms with Crippen LogP contribution in [0.5, 0.6) is 0 Å². The van der Waals surface area contributed by atoms with Gasteiger partial charge >= 0.3 is 0 Å². The fourth-order valence-electron chi connectivity index (χ4n) is 2.41. The van der Waals surface area contributed by atoms with Crippen LogP contribution < -0.4 is 10.6 Å². The zero-order chi connectivity index (χ0) is 12.0. The molecule has 0 radical (unpaired) electrons. The van der Waals surface area contributed by atoms with Crippen molar-refractivity contribution in [2.24, 2.45) is 0 Å². The minimum absolute atomic E-state index is 0.0310. The van der Waals surface area contributed by atoms with Gasteiger partial charge in [0.25, 0.3) is 0 Å². The maximum Gasteiger partial charge on any atom is 0.222 e. The summed E-state index contributed by atoms with van der Waals surface area (Å²) in [6, 6.07) is 0.0602. The molecule has 0 aliphatic heterocycles. The van der Waals surface area contributed by atoms with Crippen molar-refractivity contribution >= 4 is 5.91 Å². The van der Waals surface area contributed by atoms with Crippen LogP contribution in [0.15, 0.2) is 12.7 Å². The van der Waals surface area contributed by atoms with E-state index in [1.165, 1.54) is 19.3 Å². The summed E-state index contributed by atoms with van der Waals surface area (Å²) in [6.45, 7) is 5.61. The second kappa shape index (κ2) is 6.04. The normalized spacial score (nSPS) is 21.1. The van der Waals surface area contributed by atoms with Crippen molar-refractivity contribution in [3.63, 3.8) is 0 Å². The zero-order valence-electron chi connectivity index (χ0n) is 10.5. The molecule has 1 amide bonds. The van der Waals surface area contributed by atoms with E-state index in [0.29, 0.717) is 6.42 Å². The van der Waals surface area contributed by atoms with Crippen molar-refractivity contribution in [3.05, 3.63) is 12.7 Å². The summed E-state index contributed by atoms with van der Waals surface area (Å²) < 4.78 is 0. The summed E-state index contributed by atoms with van der Waals surface area (Å²) >= 11 is 0. The van der Waals surface area contributed by atoms with Crippen LogP contribution in [-0.2, 0) is 4.79 Å². The first-order chi connectivity index (χ1) is 7.62. The van der Waals surface area contributed by atoms with E-state index in [1.54, 1.807) is 6.08 Å². The molecule has 0 aromatic carbocycles. The fourth-order valence-corrected chi connectivity index (χ4v) is 2.41. The predicted octanol–water partition coefficient (Wildman–Crippen LogP) is 1.99. The highest BCUT2D eigenvalue weighted by Gasteiger charge is 2.32.